The normalized spacial score (nSPS) is 12.0. The van der Waals surface area contributed by atoms with Gasteiger partial charge in [-0.15, -0.1) is 0 Å². The number of esters is 1. The Morgan fingerprint density at radius 3 is 2.55 bits per heavy atom. The largest absolute Gasteiger partial charge is 0.490 e. The van der Waals surface area contributed by atoms with Gasteiger partial charge >= 0.3 is 11.7 Å². The van der Waals surface area contributed by atoms with Gasteiger partial charge < -0.3 is 14.8 Å². The first-order chi connectivity index (χ1) is 10.4. The Hall–Kier alpha value is -2.15. The van der Waals surface area contributed by atoms with E-state index in [4.69, 9.17) is 9.47 Å². The minimum atomic E-state index is -0.492. The molecule has 0 bridgehead atoms. The molecule has 0 amide bonds. The molecular formula is C15H22N2O5. The van der Waals surface area contributed by atoms with E-state index in [-0.39, 0.29) is 17.4 Å². The Bertz CT molecular complexity index is 531. The van der Waals surface area contributed by atoms with E-state index in [9.17, 15) is 14.9 Å². The number of benzene rings is 1. The Balaban J connectivity index is 2.83. The Morgan fingerprint density at radius 2 is 2.05 bits per heavy atom. The number of nitro benzene ring substituents is 1. The van der Waals surface area contributed by atoms with Crippen LogP contribution in [-0.4, -0.2) is 31.2 Å². The minimum absolute atomic E-state index is 0.0970. The van der Waals surface area contributed by atoms with Crippen LogP contribution >= 0.6 is 0 Å². The first-order valence-electron chi connectivity index (χ1n) is 7.01. The highest BCUT2D eigenvalue weighted by Crippen LogP contribution is 2.27. The standard InChI is InChI=1S/C15H22N2O5/c1-10(2)7-12(15(18)22-4)16-9-11-5-6-14(21-3)13(8-11)17(19)20/h5-6,8,10,12,16H,7,9H2,1-4H3. The van der Waals surface area contributed by atoms with E-state index in [1.54, 1.807) is 12.1 Å². The number of ether oxygens (including phenoxy) is 2. The van der Waals surface area contributed by atoms with Crippen LogP contribution in [0.15, 0.2) is 18.2 Å². The van der Waals surface area contributed by atoms with Crippen LogP contribution in [0.5, 0.6) is 5.75 Å². The SMILES string of the molecule is COC(=O)C(CC(C)C)NCc1ccc(OC)c([N+](=O)[O-])c1. The summed E-state index contributed by atoms with van der Waals surface area (Å²) in [4.78, 5) is 22.2. The van der Waals surface area contributed by atoms with Gasteiger partial charge in [0.05, 0.1) is 19.1 Å². The van der Waals surface area contributed by atoms with E-state index in [0.717, 1.165) is 0 Å². The lowest BCUT2D eigenvalue weighted by atomic mass is 10.0. The van der Waals surface area contributed by atoms with Crippen molar-refractivity contribution in [3.63, 3.8) is 0 Å². The average Bonchev–Trinajstić information content (AvgIpc) is 2.49. The number of nitro groups is 1. The van der Waals surface area contributed by atoms with Crippen LogP contribution in [-0.2, 0) is 16.1 Å². The predicted molar refractivity (Wildman–Crippen MR) is 81.7 cm³/mol. The summed E-state index contributed by atoms with van der Waals surface area (Å²) in [5.41, 5.74) is 0.602. The van der Waals surface area contributed by atoms with Crippen LogP contribution in [0.2, 0.25) is 0 Å². The second-order valence-corrected chi connectivity index (χ2v) is 5.35. The van der Waals surface area contributed by atoms with Crippen molar-refractivity contribution >= 4 is 11.7 Å². The molecule has 0 aliphatic carbocycles. The van der Waals surface area contributed by atoms with E-state index in [2.05, 4.69) is 5.32 Å². The maximum Gasteiger partial charge on any atom is 0.322 e. The van der Waals surface area contributed by atoms with Gasteiger partial charge in [0, 0.05) is 12.6 Å². The number of hydrogen-bond donors (Lipinski definition) is 1. The van der Waals surface area contributed by atoms with Gasteiger partial charge in [-0.05, 0) is 24.0 Å². The van der Waals surface area contributed by atoms with Crippen molar-refractivity contribution in [1.82, 2.24) is 5.32 Å². The summed E-state index contributed by atoms with van der Waals surface area (Å²) in [7, 11) is 2.73. The van der Waals surface area contributed by atoms with Crippen LogP contribution in [0.4, 0.5) is 5.69 Å². The first kappa shape index (κ1) is 17.9. The molecule has 0 radical (unpaired) electrons. The van der Waals surface area contributed by atoms with Crippen LogP contribution in [0.3, 0.4) is 0 Å². The number of rotatable bonds is 8. The number of hydrogen-bond acceptors (Lipinski definition) is 6. The van der Waals surface area contributed by atoms with Gasteiger partial charge in [-0.2, -0.15) is 0 Å². The van der Waals surface area contributed by atoms with Crippen molar-refractivity contribution in [3.8, 4) is 5.75 Å². The molecule has 1 N–H and O–H groups in total. The lowest BCUT2D eigenvalue weighted by Crippen LogP contribution is -2.38. The fraction of sp³-hybridized carbons (Fsp3) is 0.533. The van der Waals surface area contributed by atoms with Crippen molar-refractivity contribution < 1.29 is 19.2 Å². The van der Waals surface area contributed by atoms with Gasteiger partial charge in [0.2, 0.25) is 0 Å². The molecule has 0 aliphatic rings. The second kappa shape index (κ2) is 8.33. The molecule has 7 heteroatoms. The maximum atomic E-state index is 11.7. The molecule has 1 atom stereocenters. The Labute approximate surface area is 129 Å². The second-order valence-electron chi connectivity index (χ2n) is 5.35. The van der Waals surface area contributed by atoms with E-state index in [0.29, 0.717) is 24.4 Å². The fourth-order valence-corrected chi connectivity index (χ4v) is 2.11. The molecule has 1 unspecified atom stereocenters. The maximum absolute atomic E-state index is 11.7. The van der Waals surface area contributed by atoms with Gasteiger partial charge in [0.1, 0.15) is 6.04 Å². The zero-order valence-corrected chi connectivity index (χ0v) is 13.3. The Kier molecular flexibility index (Phi) is 6.78. The summed E-state index contributed by atoms with van der Waals surface area (Å²) >= 11 is 0. The Morgan fingerprint density at radius 1 is 1.36 bits per heavy atom. The lowest BCUT2D eigenvalue weighted by molar-refractivity contribution is -0.385. The molecule has 0 heterocycles. The first-order valence-corrected chi connectivity index (χ1v) is 7.01. The van der Waals surface area contributed by atoms with Crippen molar-refractivity contribution in [2.45, 2.75) is 32.9 Å². The fourth-order valence-electron chi connectivity index (χ4n) is 2.11. The molecular weight excluding hydrogens is 288 g/mol. The van der Waals surface area contributed by atoms with Crippen LogP contribution < -0.4 is 10.1 Å². The van der Waals surface area contributed by atoms with E-state index in [1.165, 1.54) is 20.3 Å². The lowest BCUT2D eigenvalue weighted by Gasteiger charge is -2.18. The molecule has 0 saturated carbocycles. The molecule has 0 saturated heterocycles. The number of carbonyl (C=O) groups is 1. The third-order valence-corrected chi connectivity index (χ3v) is 3.19. The zero-order valence-electron chi connectivity index (χ0n) is 13.3. The van der Waals surface area contributed by atoms with Crippen LogP contribution in [0.25, 0.3) is 0 Å². The van der Waals surface area contributed by atoms with Crippen molar-refractivity contribution in [2.75, 3.05) is 14.2 Å². The minimum Gasteiger partial charge on any atom is -0.490 e. The summed E-state index contributed by atoms with van der Waals surface area (Å²) < 4.78 is 9.73. The van der Waals surface area contributed by atoms with Crippen LogP contribution in [0, 0.1) is 16.0 Å². The summed E-state index contributed by atoms with van der Waals surface area (Å²) in [5, 5.41) is 14.1. The molecule has 0 fully saturated rings. The number of carbonyl (C=O) groups excluding carboxylic acids is 1. The molecule has 1 aromatic rings. The van der Waals surface area contributed by atoms with Crippen molar-refractivity contribution in [3.05, 3.63) is 33.9 Å². The predicted octanol–water partition coefficient (Wildman–Crippen LogP) is 2.28. The summed E-state index contributed by atoms with van der Waals surface area (Å²) in [6, 6.07) is 4.27. The monoisotopic (exact) mass is 310 g/mol. The third kappa shape index (κ3) is 5.00. The van der Waals surface area contributed by atoms with Gasteiger partial charge in [-0.3, -0.25) is 14.9 Å². The average molecular weight is 310 g/mol. The quantitative estimate of drug-likeness (QED) is 0.450. The third-order valence-electron chi connectivity index (χ3n) is 3.19. The highest BCUT2D eigenvalue weighted by atomic mass is 16.6. The van der Waals surface area contributed by atoms with E-state index < -0.39 is 11.0 Å². The molecule has 0 aliphatic heterocycles. The van der Waals surface area contributed by atoms with Crippen molar-refractivity contribution in [1.29, 1.82) is 0 Å². The highest BCUT2D eigenvalue weighted by molar-refractivity contribution is 5.75. The van der Waals surface area contributed by atoms with Crippen LogP contribution in [0.1, 0.15) is 25.8 Å². The highest BCUT2D eigenvalue weighted by Gasteiger charge is 2.21. The molecule has 122 valence electrons. The summed E-state index contributed by atoms with van der Waals surface area (Å²) in [6.45, 7) is 4.35. The van der Waals surface area contributed by atoms with Crippen molar-refractivity contribution in [2.24, 2.45) is 5.92 Å². The molecule has 22 heavy (non-hydrogen) atoms. The topological polar surface area (TPSA) is 90.7 Å². The molecule has 7 nitrogen and oxygen atoms in total. The van der Waals surface area contributed by atoms with Gasteiger partial charge in [-0.1, -0.05) is 19.9 Å². The molecule has 1 aromatic carbocycles. The molecule has 1 rings (SSSR count). The number of nitrogens with zero attached hydrogens (tertiary/aromatic N) is 1. The number of methoxy groups -OCH3 is 2. The summed E-state index contributed by atoms with van der Waals surface area (Å²) in [6.07, 6.45) is 0.630. The molecule has 0 aromatic heterocycles. The van der Waals surface area contributed by atoms with Gasteiger partial charge in [0.25, 0.3) is 0 Å². The summed E-state index contributed by atoms with van der Waals surface area (Å²) in [5.74, 6) is 0.193. The number of nitrogens with one attached hydrogen (secondary N) is 1. The molecule has 0 spiro atoms. The van der Waals surface area contributed by atoms with Gasteiger partial charge in [-0.25, -0.2) is 0 Å². The van der Waals surface area contributed by atoms with E-state index >= 15 is 0 Å². The van der Waals surface area contributed by atoms with Gasteiger partial charge in [0.15, 0.2) is 5.75 Å². The zero-order chi connectivity index (χ0) is 16.7. The van der Waals surface area contributed by atoms with E-state index in [1.807, 2.05) is 13.8 Å². The smallest absolute Gasteiger partial charge is 0.322 e.